The van der Waals surface area contributed by atoms with E-state index in [0.29, 0.717) is 5.92 Å². The van der Waals surface area contributed by atoms with Crippen LogP contribution in [0.15, 0.2) is 12.4 Å². The first kappa shape index (κ1) is 8.44. The molecule has 1 saturated heterocycles. The van der Waals surface area contributed by atoms with Gasteiger partial charge in [0.1, 0.15) is 5.82 Å². The van der Waals surface area contributed by atoms with Crippen LogP contribution in [0.1, 0.15) is 18.2 Å². The van der Waals surface area contributed by atoms with Crippen LogP contribution in [0.5, 0.6) is 5.75 Å². The third-order valence-corrected chi connectivity index (χ3v) is 2.31. The minimum absolute atomic E-state index is 0.478. The molecule has 2 rings (SSSR count). The Bertz CT molecular complexity index is 267. The molecule has 1 aliphatic rings. The highest BCUT2D eigenvalue weighted by Crippen LogP contribution is 2.19. The van der Waals surface area contributed by atoms with Gasteiger partial charge < -0.3 is 10.1 Å². The maximum atomic E-state index is 4.99. The van der Waals surface area contributed by atoms with E-state index >= 15 is 0 Å². The quantitative estimate of drug-likeness (QED) is 0.720. The molecule has 0 spiro atoms. The van der Waals surface area contributed by atoms with Gasteiger partial charge in [-0.25, -0.2) is 9.97 Å². The number of ether oxygens (including phenoxy) is 1. The van der Waals surface area contributed by atoms with Crippen LogP contribution in [-0.2, 0) is 0 Å². The molecule has 0 aromatic carbocycles. The van der Waals surface area contributed by atoms with Crippen molar-refractivity contribution in [2.45, 2.75) is 12.3 Å². The minimum atomic E-state index is 0.478. The lowest BCUT2D eigenvalue weighted by molar-refractivity contribution is 0.409. The van der Waals surface area contributed by atoms with Crippen molar-refractivity contribution >= 4 is 0 Å². The predicted octanol–water partition coefficient (Wildman–Crippen LogP) is 0.562. The van der Waals surface area contributed by atoms with Gasteiger partial charge in [-0.2, -0.15) is 0 Å². The molecule has 4 nitrogen and oxygen atoms in total. The molecule has 4 heteroatoms. The van der Waals surface area contributed by atoms with E-state index in [4.69, 9.17) is 4.74 Å². The van der Waals surface area contributed by atoms with Crippen molar-refractivity contribution < 1.29 is 4.74 Å². The van der Waals surface area contributed by atoms with Gasteiger partial charge in [0.25, 0.3) is 0 Å². The SMILES string of the molecule is COc1cnc(C2CCNC2)nc1. The highest BCUT2D eigenvalue weighted by molar-refractivity contribution is 5.14. The van der Waals surface area contributed by atoms with E-state index in [2.05, 4.69) is 15.3 Å². The highest BCUT2D eigenvalue weighted by atomic mass is 16.5. The fourth-order valence-electron chi connectivity index (χ4n) is 1.52. The Morgan fingerprint density at radius 3 is 2.77 bits per heavy atom. The average molecular weight is 179 g/mol. The molecular formula is C9H13N3O. The molecule has 0 saturated carbocycles. The second-order valence-electron chi connectivity index (χ2n) is 3.17. The Balaban J connectivity index is 2.12. The standard InChI is InChI=1S/C9H13N3O/c1-13-8-5-11-9(12-6-8)7-2-3-10-4-7/h5-7,10H,2-4H2,1H3. The van der Waals surface area contributed by atoms with Crippen molar-refractivity contribution in [3.63, 3.8) is 0 Å². The second kappa shape index (κ2) is 3.70. The summed E-state index contributed by atoms with van der Waals surface area (Å²) in [6, 6.07) is 0. The summed E-state index contributed by atoms with van der Waals surface area (Å²) in [6.45, 7) is 2.06. The molecule has 1 atom stereocenters. The van der Waals surface area contributed by atoms with E-state index in [1.807, 2.05) is 0 Å². The molecule has 70 valence electrons. The van der Waals surface area contributed by atoms with Crippen molar-refractivity contribution in [1.82, 2.24) is 15.3 Å². The highest BCUT2D eigenvalue weighted by Gasteiger charge is 2.18. The van der Waals surface area contributed by atoms with E-state index in [9.17, 15) is 0 Å². The molecule has 1 aromatic heterocycles. The Morgan fingerprint density at radius 2 is 2.23 bits per heavy atom. The normalized spacial score (nSPS) is 21.8. The van der Waals surface area contributed by atoms with Crippen molar-refractivity contribution in [2.75, 3.05) is 20.2 Å². The van der Waals surface area contributed by atoms with Gasteiger partial charge >= 0.3 is 0 Å². The zero-order valence-electron chi connectivity index (χ0n) is 7.66. The number of methoxy groups -OCH3 is 1. The molecule has 1 aliphatic heterocycles. The molecule has 1 aromatic rings. The van der Waals surface area contributed by atoms with Gasteiger partial charge in [-0.05, 0) is 13.0 Å². The van der Waals surface area contributed by atoms with Crippen LogP contribution in [-0.4, -0.2) is 30.2 Å². The zero-order chi connectivity index (χ0) is 9.10. The maximum absolute atomic E-state index is 4.99. The number of hydrogen-bond acceptors (Lipinski definition) is 4. The molecule has 13 heavy (non-hydrogen) atoms. The smallest absolute Gasteiger partial charge is 0.155 e. The van der Waals surface area contributed by atoms with Crippen LogP contribution in [0.2, 0.25) is 0 Å². The Hall–Kier alpha value is -1.16. The van der Waals surface area contributed by atoms with Crippen molar-refractivity contribution in [2.24, 2.45) is 0 Å². The van der Waals surface area contributed by atoms with Gasteiger partial charge in [0.15, 0.2) is 5.75 Å². The van der Waals surface area contributed by atoms with Gasteiger partial charge in [-0.15, -0.1) is 0 Å². The number of hydrogen-bond donors (Lipinski definition) is 1. The Morgan fingerprint density at radius 1 is 1.46 bits per heavy atom. The molecule has 2 heterocycles. The van der Waals surface area contributed by atoms with Crippen molar-refractivity contribution in [1.29, 1.82) is 0 Å². The summed E-state index contributed by atoms with van der Waals surface area (Å²) < 4.78 is 4.99. The van der Waals surface area contributed by atoms with E-state index in [1.54, 1.807) is 19.5 Å². The first-order chi connectivity index (χ1) is 6.40. The molecule has 1 fully saturated rings. The van der Waals surface area contributed by atoms with Crippen molar-refractivity contribution in [3.8, 4) is 5.75 Å². The molecular weight excluding hydrogens is 166 g/mol. The Kier molecular flexibility index (Phi) is 2.40. The summed E-state index contributed by atoms with van der Waals surface area (Å²) in [4.78, 5) is 8.51. The molecule has 0 amide bonds. The first-order valence-electron chi connectivity index (χ1n) is 4.47. The molecule has 0 aliphatic carbocycles. The van der Waals surface area contributed by atoms with Crippen LogP contribution < -0.4 is 10.1 Å². The largest absolute Gasteiger partial charge is 0.494 e. The molecule has 0 radical (unpaired) electrons. The second-order valence-corrected chi connectivity index (χ2v) is 3.17. The van der Waals surface area contributed by atoms with E-state index in [0.717, 1.165) is 31.1 Å². The monoisotopic (exact) mass is 179 g/mol. The van der Waals surface area contributed by atoms with Crippen LogP contribution in [0.25, 0.3) is 0 Å². The molecule has 1 unspecified atom stereocenters. The third-order valence-electron chi connectivity index (χ3n) is 2.31. The van der Waals surface area contributed by atoms with E-state index in [1.165, 1.54) is 0 Å². The van der Waals surface area contributed by atoms with Crippen LogP contribution in [0.3, 0.4) is 0 Å². The first-order valence-corrected chi connectivity index (χ1v) is 4.47. The van der Waals surface area contributed by atoms with Crippen LogP contribution >= 0.6 is 0 Å². The fourth-order valence-corrected chi connectivity index (χ4v) is 1.52. The van der Waals surface area contributed by atoms with Crippen LogP contribution in [0, 0.1) is 0 Å². The van der Waals surface area contributed by atoms with Crippen molar-refractivity contribution in [3.05, 3.63) is 18.2 Å². The van der Waals surface area contributed by atoms with Gasteiger partial charge in [0.2, 0.25) is 0 Å². The van der Waals surface area contributed by atoms with Gasteiger partial charge in [0.05, 0.1) is 19.5 Å². The third kappa shape index (κ3) is 1.78. The summed E-state index contributed by atoms with van der Waals surface area (Å²) >= 11 is 0. The lowest BCUT2D eigenvalue weighted by Crippen LogP contribution is -2.10. The summed E-state index contributed by atoms with van der Waals surface area (Å²) in [7, 11) is 1.62. The van der Waals surface area contributed by atoms with Crippen LogP contribution in [0.4, 0.5) is 0 Å². The minimum Gasteiger partial charge on any atom is -0.494 e. The lowest BCUT2D eigenvalue weighted by atomic mass is 10.1. The predicted molar refractivity (Wildman–Crippen MR) is 48.8 cm³/mol. The summed E-state index contributed by atoms with van der Waals surface area (Å²) in [6.07, 6.45) is 4.58. The van der Waals surface area contributed by atoms with Gasteiger partial charge in [-0.1, -0.05) is 0 Å². The number of rotatable bonds is 2. The zero-order valence-corrected chi connectivity index (χ0v) is 7.66. The van der Waals surface area contributed by atoms with E-state index in [-0.39, 0.29) is 0 Å². The summed E-state index contributed by atoms with van der Waals surface area (Å²) in [5, 5.41) is 3.29. The fraction of sp³-hybridized carbons (Fsp3) is 0.556. The topological polar surface area (TPSA) is 47.0 Å². The van der Waals surface area contributed by atoms with E-state index < -0.39 is 0 Å². The number of nitrogens with zero attached hydrogens (tertiary/aromatic N) is 2. The lowest BCUT2D eigenvalue weighted by Gasteiger charge is -2.06. The maximum Gasteiger partial charge on any atom is 0.155 e. The number of aromatic nitrogens is 2. The molecule has 0 bridgehead atoms. The summed E-state index contributed by atoms with van der Waals surface area (Å²) in [5.74, 6) is 2.12. The van der Waals surface area contributed by atoms with Gasteiger partial charge in [-0.3, -0.25) is 0 Å². The summed E-state index contributed by atoms with van der Waals surface area (Å²) in [5.41, 5.74) is 0. The average Bonchev–Trinajstić information content (AvgIpc) is 2.71. The molecule has 1 N–H and O–H groups in total. The number of nitrogens with one attached hydrogen (secondary N) is 1. The van der Waals surface area contributed by atoms with Gasteiger partial charge in [0, 0.05) is 12.5 Å². The Labute approximate surface area is 77.4 Å².